The van der Waals surface area contributed by atoms with E-state index in [-0.39, 0.29) is 28.9 Å². The van der Waals surface area contributed by atoms with Crippen molar-refractivity contribution in [3.63, 3.8) is 0 Å². The van der Waals surface area contributed by atoms with Crippen LogP contribution in [0, 0.1) is 0 Å². The number of nitrogens with zero attached hydrogens (tertiary/aromatic N) is 4. The third kappa shape index (κ3) is 5.65. The van der Waals surface area contributed by atoms with Gasteiger partial charge in [-0.1, -0.05) is 6.07 Å². The summed E-state index contributed by atoms with van der Waals surface area (Å²) < 4.78 is 41.9. The van der Waals surface area contributed by atoms with E-state index in [0.717, 1.165) is 12.8 Å². The molecular formula is C20H17F3N6O2. The molecule has 0 aliphatic heterocycles. The highest BCUT2D eigenvalue weighted by Gasteiger charge is 2.29. The Balaban J connectivity index is 1.55. The molecule has 0 atom stereocenters. The highest BCUT2D eigenvalue weighted by atomic mass is 19.4. The van der Waals surface area contributed by atoms with Crippen LogP contribution in [0.25, 0.3) is 0 Å². The van der Waals surface area contributed by atoms with Gasteiger partial charge in [0.05, 0.1) is 30.0 Å². The van der Waals surface area contributed by atoms with Crippen LogP contribution in [0.4, 0.5) is 30.4 Å². The zero-order valence-corrected chi connectivity index (χ0v) is 16.1. The van der Waals surface area contributed by atoms with Gasteiger partial charge in [0.25, 0.3) is 5.91 Å². The Morgan fingerprint density at radius 1 is 1.13 bits per heavy atom. The van der Waals surface area contributed by atoms with Crippen molar-refractivity contribution in [2.75, 3.05) is 17.2 Å². The molecule has 1 aromatic carbocycles. The number of anilines is 3. The van der Waals surface area contributed by atoms with Crippen molar-refractivity contribution < 1.29 is 22.7 Å². The van der Waals surface area contributed by atoms with E-state index < -0.39 is 18.7 Å². The van der Waals surface area contributed by atoms with Crippen LogP contribution in [0.5, 0.6) is 5.75 Å². The topological polar surface area (TPSA) is 102 Å². The molecule has 0 bridgehead atoms. The molecule has 1 aliphatic carbocycles. The number of hydrogen-bond donors (Lipinski definition) is 2. The lowest BCUT2D eigenvalue weighted by atomic mass is 10.2. The summed E-state index contributed by atoms with van der Waals surface area (Å²) in [5.41, 5.74) is 1.54. The van der Waals surface area contributed by atoms with Gasteiger partial charge in [-0.15, -0.1) is 0 Å². The van der Waals surface area contributed by atoms with Crippen LogP contribution >= 0.6 is 0 Å². The predicted octanol–water partition coefficient (Wildman–Crippen LogP) is 4.08. The molecule has 8 nitrogen and oxygen atoms in total. The number of aromatic nitrogens is 4. The van der Waals surface area contributed by atoms with Gasteiger partial charge in [-0.25, -0.2) is 19.9 Å². The van der Waals surface area contributed by atoms with E-state index >= 15 is 0 Å². The van der Waals surface area contributed by atoms with Gasteiger partial charge in [-0.05, 0) is 25.0 Å². The lowest BCUT2D eigenvalue weighted by Crippen LogP contribution is -2.19. The van der Waals surface area contributed by atoms with Crippen LogP contribution in [-0.2, 0) is 0 Å². The SMILES string of the molecule is O=C(Nc1cccc(OCC(F)(F)F)c1)c1nc(C2CC2)cnc1Nc1cncnc1. The van der Waals surface area contributed by atoms with Gasteiger partial charge in [0.15, 0.2) is 18.1 Å². The van der Waals surface area contributed by atoms with Gasteiger partial charge >= 0.3 is 6.18 Å². The molecule has 31 heavy (non-hydrogen) atoms. The van der Waals surface area contributed by atoms with Crippen LogP contribution in [-0.4, -0.2) is 38.6 Å². The van der Waals surface area contributed by atoms with Crippen LogP contribution in [0.15, 0.2) is 49.2 Å². The summed E-state index contributed by atoms with van der Waals surface area (Å²) in [7, 11) is 0. The standard InChI is InChI=1S/C20H17F3N6O2/c21-20(22,23)10-31-15-3-1-2-13(6-15)28-19(30)17-18(27-14-7-24-11-25-8-14)26-9-16(29-17)12-4-5-12/h1-3,6-9,11-12H,4-5,10H2,(H,26,27)(H,28,30). The molecule has 3 aromatic rings. The van der Waals surface area contributed by atoms with Crippen molar-refractivity contribution in [3.8, 4) is 5.75 Å². The summed E-state index contributed by atoms with van der Waals surface area (Å²) in [6, 6.07) is 5.69. The number of ether oxygens (including phenoxy) is 1. The van der Waals surface area contributed by atoms with E-state index in [2.05, 4.69) is 30.6 Å². The highest BCUT2D eigenvalue weighted by Crippen LogP contribution is 2.39. The first-order chi connectivity index (χ1) is 14.9. The fourth-order valence-corrected chi connectivity index (χ4v) is 2.75. The fourth-order valence-electron chi connectivity index (χ4n) is 2.75. The molecule has 2 aromatic heterocycles. The molecule has 4 rings (SSSR count). The van der Waals surface area contributed by atoms with Gasteiger partial charge in [0.2, 0.25) is 0 Å². The molecule has 1 saturated carbocycles. The maximum atomic E-state index is 12.9. The molecule has 0 radical (unpaired) electrons. The monoisotopic (exact) mass is 430 g/mol. The van der Waals surface area contributed by atoms with E-state index in [1.807, 2.05) is 0 Å². The molecule has 160 valence electrons. The second-order valence-electron chi connectivity index (χ2n) is 6.90. The number of alkyl halides is 3. The van der Waals surface area contributed by atoms with E-state index in [4.69, 9.17) is 4.74 Å². The normalized spacial score (nSPS) is 13.5. The Kier molecular flexibility index (Phi) is 5.65. The molecule has 1 aliphatic rings. The third-order valence-corrected chi connectivity index (χ3v) is 4.32. The third-order valence-electron chi connectivity index (χ3n) is 4.32. The molecule has 1 fully saturated rings. The van der Waals surface area contributed by atoms with Crippen molar-refractivity contribution in [2.45, 2.75) is 24.9 Å². The van der Waals surface area contributed by atoms with Crippen molar-refractivity contribution in [1.82, 2.24) is 19.9 Å². The number of benzene rings is 1. The lowest BCUT2D eigenvalue weighted by molar-refractivity contribution is -0.153. The van der Waals surface area contributed by atoms with Crippen molar-refractivity contribution >= 4 is 23.1 Å². The van der Waals surface area contributed by atoms with Crippen molar-refractivity contribution in [1.29, 1.82) is 0 Å². The fraction of sp³-hybridized carbons (Fsp3) is 0.250. The summed E-state index contributed by atoms with van der Waals surface area (Å²) in [4.78, 5) is 29.5. The molecule has 2 N–H and O–H groups in total. The van der Waals surface area contributed by atoms with Gasteiger partial charge in [-0.2, -0.15) is 13.2 Å². The number of carbonyl (C=O) groups is 1. The van der Waals surface area contributed by atoms with E-state index in [1.165, 1.54) is 43.0 Å². The molecule has 11 heteroatoms. The Labute approximate surface area is 174 Å². The van der Waals surface area contributed by atoms with E-state index in [1.54, 1.807) is 6.20 Å². The average Bonchev–Trinajstić information content (AvgIpc) is 3.58. The molecular weight excluding hydrogens is 413 g/mol. The minimum Gasteiger partial charge on any atom is -0.484 e. The largest absolute Gasteiger partial charge is 0.484 e. The molecule has 0 spiro atoms. The second kappa shape index (κ2) is 8.54. The first-order valence-electron chi connectivity index (χ1n) is 9.37. The highest BCUT2D eigenvalue weighted by molar-refractivity contribution is 6.06. The van der Waals surface area contributed by atoms with Gasteiger partial charge in [0, 0.05) is 17.7 Å². The van der Waals surface area contributed by atoms with Crippen molar-refractivity contribution in [3.05, 3.63) is 60.6 Å². The number of amides is 1. The van der Waals surface area contributed by atoms with E-state index in [9.17, 15) is 18.0 Å². The minimum atomic E-state index is -4.46. The van der Waals surface area contributed by atoms with Crippen LogP contribution in [0.3, 0.4) is 0 Å². The number of halogens is 3. The van der Waals surface area contributed by atoms with Gasteiger partial charge < -0.3 is 15.4 Å². The maximum Gasteiger partial charge on any atom is 0.422 e. The second-order valence-corrected chi connectivity index (χ2v) is 6.90. The number of rotatable bonds is 7. The summed E-state index contributed by atoms with van der Waals surface area (Å²) >= 11 is 0. The van der Waals surface area contributed by atoms with Crippen LogP contribution in [0.2, 0.25) is 0 Å². The summed E-state index contributed by atoms with van der Waals surface area (Å²) in [6.07, 6.45) is 3.53. The Morgan fingerprint density at radius 3 is 2.61 bits per heavy atom. The molecule has 1 amide bonds. The minimum absolute atomic E-state index is 0.0206. The summed E-state index contributed by atoms with van der Waals surface area (Å²) in [6.45, 7) is -1.42. The van der Waals surface area contributed by atoms with Crippen LogP contribution in [0.1, 0.15) is 34.9 Å². The van der Waals surface area contributed by atoms with E-state index in [0.29, 0.717) is 11.4 Å². The zero-order valence-electron chi connectivity index (χ0n) is 16.1. The smallest absolute Gasteiger partial charge is 0.422 e. The Morgan fingerprint density at radius 2 is 1.90 bits per heavy atom. The molecule has 0 unspecified atom stereocenters. The van der Waals surface area contributed by atoms with Gasteiger partial charge in [0.1, 0.15) is 12.1 Å². The lowest BCUT2D eigenvalue weighted by Gasteiger charge is -2.13. The average molecular weight is 430 g/mol. The molecule has 2 heterocycles. The first kappa shape index (κ1) is 20.5. The van der Waals surface area contributed by atoms with Crippen molar-refractivity contribution in [2.24, 2.45) is 0 Å². The number of nitrogens with one attached hydrogen (secondary N) is 2. The van der Waals surface area contributed by atoms with Gasteiger partial charge in [-0.3, -0.25) is 4.79 Å². The number of carbonyl (C=O) groups excluding carboxylic acids is 1. The summed E-state index contributed by atoms with van der Waals surface area (Å²) in [5.74, 6) is -0.108. The maximum absolute atomic E-state index is 12.9. The number of hydrogen-bond acceptors (Lipinski definition) is 7. The quantitative estimate of drug-likeness (QED) is 0.582. The first-order valence-corrected chi connectivity index (χ1v) is 9.37. The Bertz CT molecular complexity index is 1070. The predicted molar refractivity (Wildman–Crippen MR) is 105 cm³/mol. The van der Waals surface area contributed by atoms with Crippen LogP contribution < -0.4 is 15.4 Å². The summed E-state index contributed by atoms with van der Waals surface area (Å²) in [5, 5.41) is 5.60. The zero-order chi connectivity index (χ0) is 21.8. The molecule has 0 saturated heterocycles. The Hall–Kier alpha value is -3.76.